The third-order valence-electron chi connectivity index (χ3n) is 5.70. The predicted molar refractivity (Wildman–Crippen MR) is 126 cm³/mol. The number of hydrogen-bond donors (Lipinski definition) is 0. The van der Waals surface area contributed by atoms with Gasteiger partial charge in [-0.3, -0.25) is 4.67 Å². The molecular weight excluding hydrogens is 405 g/mol. The maximum absolute atomic E-state index is 14.3. The van der Waals surface area contributed by atoms with Gasteiger partial charge in [-0.2, -0.15) is 0 Å². The molecule has 0 bridgehead atoms. The van der Waals surface area contributed by atoms with Crippen LogP contribution in [0.1, 0.15) is 22.3 Å². The molecule has 31 heavy (non-hydrogen) atoms. The largest absolute Gasteiger partial charge is 0.544 e. The van der Waals surface area contributed by atoms with Gasteiger partial charge in [-0.1, -0.05) is 60.2 Å². The second-order valence-corrected chi connectivity index (χ2v) is 9.86. The minimum atomic E-state index is -3.71. The lowest BCUT2D eigenvalue weighted by Gasteiger charge is -2.37. The summed E-state index contributed by atoms with van der Waals surface area (Å²) in [5, 5.41) is 2.22. The van der Waals surface area contributed by atoms with E-state index in [0.29, 0.717) is 18.0 Å². The monoisotopic (exact) mass is 429 g/mol. The molecule has 4 nitrogen and oxygen atoms in total. The van der Waals surface area contributed by atoms with E-state index in [1.807, 2.05) is 87.5 Å². The van der Waals surface area contributed by atoms with Crippen LogP contribution in [-0.4, -0.2) is 0 Å². The molecule has 0 fully saturated rings. The van der Waals surface area contributed by atoms with Crippen molar-refractivity contribution in [2.24, 2.45) is 0 Å². The number of anilines is 1. The fraction of sp³-hybridized carbons (Fsp3) is 0.154. The van der Waals surface area contributed by atoms with E-state index in [9.17, 15) is 4.57 Å². The first-order valence-corrected chi connectivity index (χ1v) is 11.8. The molecule has 0 N–H and O–H groups in total. The van der Waals surface area contributed by atoms with Crippen LogP contribution in [0.3, 0.4) is 0 Å². The SMILES string of the molecule is Cc1ccc(N2Cc3c(ccc4ccccc34)OP2(=O)Oc2cc(C)ccc2C)cc1. The van der Waals surface area contributed by atoms with Gasteiger partial charge in [0.2, 0.25) is 0 Å². The maximum atomic E-state index is 14.3. The molecule has 4 aromatic rings. The van der Waals surface area contributed by atoms with E-state index < -0.39 is 7.75 Å². The van der Waals surface area contributed by atoms with Crippen molar-refractivity contribution in [1.82, 2.24) is 0 Å². The van der Waals surface area contributed by atoms with Crippen molar-refractivity contribution >= 4 is 24.2 Å². The van der Waals surface area contributed by atoms with Crippen LogP contribution >= 0.6 is 7.75 Å². The molecule has 0 saturated heterocycles. The quantitative estimate of drug-likeness (QED) is 0.319. The lowest BCUT2D eigenvalue weighted by Crippen LogP contribution is -2.29. The number of aryl methyl sites for hydroxylation is 3. The number of rotatable bonds is 3. The molecule has 1 unspecified atom stereocenters. The van der Waals surface area contributed by atoms with Crippen molar-refractivity contribution < 1.29 is 13.6 Å². The Kier molecular flexibility index (Phi) is 4.75. The number of nitrogens with zero attached hydrogens (tertiary/aromatic N) is 1. The molecule has 0 aromatic heterocycles. The van der Waals surface area contributed by atoms with Crippen LogP contribution in [0.5, 0.6) is 11.5 Å². The second-order valence-electron chi connectivity index (χ2n) is 8.08. The van der Waals surface area contributed by atoms with Crippen LogP contribution in [0.2, 0.25) is 0 Å². The fourth-order valence-electron chi connectivity index (χ4n) is 3.92. The maximum Gasteiger partial charge on any atom is 0.544 e. The van der Waals surface area contributed by atoms with Gasteiger partial charge in [-0.05, 0) is 66.9 Å². The van der Waals surface area contributed by atoms with E-state index in [4.69, 9.17) is 9.05 Å². The zero-order valence-corrected chi connectivity index (χ0v) is 18.7. The normalized spacial score (nSPS) is 17.8. The van der Waals surface area contributed by atoms with Crippen molar-refractivity contribution in [3.05, 3.63) is 101 Å². The van der Waals surface area contributed by atoms with Crippen molar-refractivity contribution in [2.45, 2.75) is 27.3 Å². The Balaban J connectivity index is 1.66. The Morgan fingerprint density at radius 1 is 0.871 bits per heavy atom. The number of hydrogen-bond acceptors (Lipinski definition) is 3. The highest BCUT2D eigenvalue weighted by atomic mass is 31.2. The van der Waals surface area contributed by atoms with E-state index in [-0.39, 0.29) is 0 Å². The second kappa shape index (κ2) is 7.47. The van der Waals surface area contributed by atoms with E-state index in [1.54, 1.807) is 4.67 Å². The zero-order valence-electron chi connectivity index (χ0n) is 17.8. The Morgan fingerprint density at radius 2 is 1.61 bits per heavy atom. The van der Waals surface area contributed by atoms with Crippen LogP contribution < -0.4 is 13.7 Å². The van der Waals surface area contributed by atoms with Gasteiger partial charge in [0, 0.05) is 11.3 Å². The Labute approximate surface area is 182 Å². The Hall–Kier alpha value is -3.23. The van der Waals surface area contributed by atoms with E-state index in [0.717, 1.165) is 38.7 Å². The minimum absolute atomic E-state index is 0.432. The summed E-state index contributed by atoms with van der Waals surface area (Å²) < 4.78 is 28.4. The summed E-state index contributed by atoms with van der Waals surface area (Å²) in [4.78, 5) is 0. The summed E-state index contributed by atoms with van der Waals surface area (Å²) >= 11 is 0. The minimum Gasteiger partial charge on any atom is -0.400 e. The standard InChI is InChI=1S/C26H24NO3P/c1-18-9-13-22(14-10-18)27-17-24-23-7-5-4-6-21(23)12-15-25(24)29-31(27,28)30-26-16-19(2)8-11-20(26)3/h4-16H,17H2,1-3H3. The van der Waals surface area contributed by atoms with Crippen molar-refractivity contribution in [3.8, 4) is 11.5 Å². The average molecular weight is 429 g/mol. The molecule has 1 atom stereocenters. The first-order valence-electron chi connectivity index (χ1n) is 10.3. The molecule has 0 aliphatic carbocycles. The van der Waals surface area contributed by atoms with Crippen LogP contribution in [0, 0.1) is 20.8 Å². The number of fused-ring (bicyclic) bond motifs is 3. The van der Waals surface area contributed by atoms with Gasteiger partial charge in [0.25, 0.3) is 0 Å². The highest BCUT2D eigenvalue weighted by Gasteiger charge is 2.43. The molecule has 1 heterocycles. The summed E-state index contributed by atoms with van der Waals surface area (Å²) in [6.45, 7) is 6.40. The van der Waals surface area contributed by atoms with Crippen molar-refractivity contribution in [3.63, 3.8) is 0 Å². The van der Waals surface area contributed by atoms with E-state index >= 15 is 0 Å². The molecule has 4 aromatic carbocycles. The summed E-state index contributed by atoms with van der Waals surface area (Å²) in [6, 6.07) is 25.9. The Morgan fingerprint density at radius 3 is 2.42 bits per heavy atom. The van der Waals surface area contributed by atoms with Crippen LogP contribution in [0.4, 0.5) is 5.69 Å². The van der Waals surface area contributed by atoms with Crippen LogP contribution in [0.25, 0.3) is 10.8 Å². The molecule has 0 saturated carbocycles. The Bertz CT molecular complexity index is 1330. The molecule has 5 heteroatoms. The van der Waals surface area contributed by atoms with Gasteiger partial charge in [0.05, 0.1) is 6.54 Å². The zero-order chi connectivity index (χ0) is 21.6. The van der Waals surface area contributed by atoms with Gasteiger partial charge >= 0.3 is 7.75 Å². The smallest absolute Gasteiger partial charge is 0.400 e. The van der Waals surface area contributed by atoms with Gasteiger partial charge in [-0.15, -0.1) is 0 Å². The molecule has 0 amide bonds. The summed E-state index contributed by atoms with van der Waals surface area (Å²) in [5.41, 5.74) is 4.90. The van der Waals surface area contributed by atoms with Gasteiger partial charge in [0.15, 0.2) is 0 Å². The molecule has 0 spiro atoms. The average Bonchev–Trinajstić information content (AvgIpc) is 2.76. The first-order chi connectivity index (χ1) is 14.9. The molecular formula is C26H24NO3P. The molecule has 156 valence electrons. The summed E-state index contributed by atoms with van der Waals surface area (Å²) in [7, 11) is -3.71. The molecule has 5 rings (SSSR count). The van der Waals surface area contributed by atoms with Gasteiger partial charge < -0.3 is 9.05 Å². The van der Waals surface area contributed by atoms with Crippen LogP contribution in [0.15, 0.2) is 78.9 Å². The highest BCUT2D eigenvalue weighted by Crippen LogP contribution is 2.59. The van der Waals surface area contributed by atoms with E-state index in [1.165, 1.54) is 0 Å². The third-order valence-corrected chi connectivity index (χ3v) is 7.52. The molecule has 1 aliphatic rings. The third kappa shape index (κ3) is 3.58. The lowest BCUT2D eigenvalue weighted by molar-refractivity contribution is 0.370. The molecule has 1 aliphatic heterocycles. The highest BCUT2D eigenvalue weighted by molar-refractivity contribution is 7.56. The van der Waals surface area contributed by atoms with Crippen molar-refractivity contribution in [2.75, 3.05) is 4.67 Å². The lowest BCUT2D eigenvalue weighted by atomic mass is 10.0. The summed E-state index contributed by atoms with van der Waals surface area (Å²) in [6.07, 6.45) is 0. The van der Waals surface area contributed by atoms with Crippen molar-refractivity contribution in [1.29, 1.82) is 0 Å². The van der Waals surface area contributed by atoms with Crippen LogP contribution in [-0.2, 0) is 11.1 Å². The van der Waals surface area contributed by atoms with Gasteiger partial charge in [0.1, 0.15) is 11.5 Å². The predicted octanol–water partition coefficient (Wildman–Crippen LogP) is 7.35. The molecule has 0 radical (unpaired) electrons. The summed E-state index contributed by atoms with van der Waals surface area (Å²) in [5.74, 6) is 1.18. The topological polar surface area (TPSA) is 38.8 Å². The van der Waals surface area contributed by atoms with Gasteiger partial charge in [-0.25, -0.2) is 4.57 Å². The fourth-order valence-corrected chi connectivity index (χ4v) is 5.75. The number of benzene rings is 4. The first kappa shape index (κ1) is 19.7. The van der Waals surface area contributed by atoms with E-state index in [2.05, 4.69) is 12.1 Å².